The third-order valence-electron chi connectivity index (χ3n) is 4.97. The molecule has 0 radical (unpaired) electrons. The fourth-order valence-electron chi connectivity index (χ4n) is 3.36. The molecule has 0 spiro atoms. The van der Waals surface area contributed by atoms with Gasteiger partial charge in [-0.15, -0.1) is 11.3 Å². The lowest BCUT2D eigenvalue weighted by atomic mass is 10.0. The standard InChI is InChI=1S/C25H17NO3S/c1-28-20-12-11-19-13-21(25(27)29-23(19)14-20)24-26-22(15-30-24)18-9-7-17(8-10-18)16-5-3-2-4-6-16/h2-15H,1H3. The number of hydrogen-bond acceptors (Lipinski definition) is 5. The maximum absolute atomic E-state index is 12.5. The number of ether oxygens (including phenoxy) is 1. The molecule has 0 saturated carbocycles. The molecule has 2 aromatic heterocycles. The van der Waals surface area contributed by atoms with Gasteiger partial charge in [0.15, 0.2) is 0 Å². The van der Waals surface area contributed by atoms with Crippen molar-refractivity contribution >= 4 is 22.3 Å². The van der Waals surface area contributed by atoms with Gasteiger partial charge in [-0.2, -0.15) is 0 Å². The lowest BCUT2D eigenvalue weighted by Crippen LogP contribution is -2.02. The normalized spacial score (nSPS) is 11.0. The summed E-state index contributed by atoms with van der Waals surface area (Å²) in [6.07, 6.45) is 0. The fraction of sp³-hybridized carbons (Fsp3) is 0.0400. The second kappa shape index (κ2) is 7.61. The second-order valence-corrected chi connectivity index (χ2v) is 7.69. The molecule has 4 nitrogen and oxygen atoms in total. The average molecular weight is 411 g/mol. The Morgan fingerprint density at radius 3 is 2.37 bits per heavy atom. The number of nitrogens with zero attached hydrogens (tertiary/aromatic N) is 1. The van der Waals surface area contributed by atoms with Crippen LogP contribution in [-0.2, 0) is 0 Å². The Morgan fingerprint density at radius 1 is 0.867 bits per heavy atom. The third-order valence-corrected chi connectivity index (χ3v) is 5.84. The zero-order valence-electron chi connectivity index (χ0n) is 16.2. The van der Waals surface area contributed by atoms with E-state index in [0.29, 0.717) is 21.9 Å². The molecule has 3 aromatic carbocycles. The molecule has 0 atom stereocenters. The molecule has 0 unspecified atom stereocenters. The number of benzene rings is 3. The third kappa shape index (κ3) is 3.40. The first-order valence-electron chi connectivity index (χ1n) is 9.45. The minimum atomic E-state index is -0.406. The Balaban J connectivity index is 1.48. The Morgan fingerprint density at radius 2 is 1.60 bits per heavy atom. The van der Waals surface area contributed by atoms with E-state index in [1.165, 1.54) is 16.9 Å². The number of methoxy groups -OCH3 is 1. The highest BCUT2D eigenvalue weighted by Gasteiger charge is 2.13. The summed E-state index contributed by atoms with van der Waals surface area (Å²) in [6, 6.07) is 25.8. The van der Waals surface area contributed by atoms with E-state index in [4.69, 9.17) is 9.15 Å². The van der Waals surface area contributed by atoms with Crippen molar-refractivity contribution in [1.29, 1.82) is 0 Å². The summed E-state index contributed by atoms with van der Waals surface area (Å²) in [5.74, 6) is 0.647. The molecule has 0 amide bonds. The molecule has 0 aliphatic carbocycles. The lowest BCUT2D eigenvalue weighted by molar-refractivity contribution is 0.414. The minimum Gasteiger partial charge on any atom is -0.497 e. The molecular formula is C25H17NO3S. The van der Waals surface area contributed by atoms with Crippen molar-refractivity contribution in [2.24, 2.45) is 0 Å². The van der Waals surface area contributed by atoms with Gasteiger partial charge in [-0.3, -0.25) is 0 Å². The first-order valence-corrected chi connectivity index (χ1v) is 10.3. The van der Waals surface area contributed by atoms with Crippen LogP contribution >= 0.6 is 11.3 Å². The smallest absolute Gasteiger partial charge is 0.346 e. The summed E-state index contributed by atoms with van der Waals surface area (Å²) in [4.78, 5) is 17.2. The summed E-state index contributed by atoms with van der Waals surface area (Å²) in [5.41, 5.74) is 4.72. The van der Waals surface area contributed by atoms with E-state index in [1.54, 1.807) is 13.2 Å². The predicted octanol–water partition coefficient (Wildman–Crippen LogP) is 6.26. The number of fused-ring (bicyclic) bond motifs is 1. The van der Waals surface area contributed by atoms with Crippen LogP contribution in [-0.4, -0.2) is 12.1 Å². The van der Waals surface area contributed by atoms with Gasteiger partial charge in [0, 0.05) is 22.4 Å². The number of hydrogen-bond donors (Lipinski definition) is 0. The van der Waals surface area contributed by atoms with Crippen molar-refractivity contribution in [3.63, 3.8) is 0 Å². The molecule has 146 valence electrons. The van der Waals surface area contributed by atoms with Gasteiger partial charge in [0.2, 0.25) is 0 Å². The molecule has 0 bridgehead atoms. The van der Waals surface area contributed by atoms with E-state index in [9.17, 15) is 4.79 Å². The Labute approximate surface area is 177 Å². The highest BCUT2D eigenvalue weighted by atomic mass is 32.1. The topological polar surface area (TPSA) is 52.3 Å². The van der Waals surface area contributed by atoms with Gasteiger partial charge < -0.3 is 9.15 Å². The van der Waals surface area contributed by atoms with E-state index < -0.39 is 5.63 Å². The second-order valence-electron chi connectivity index (χ2n) is 6.83. The van der Waals surface area contributed by atoms with Gasteiger partial charge in [0.25, 0.3) is 0 Å². The molecule has 30 heavy (non-hydrogen) atoms. The molecule has 0 aliphatic heterocycles. The lowest BCUT2D eigenvalue weighted by Gasteiger charge is -2.03. The van der Waals surface area contributed by atoms with Crippen LogP contribution in [0.15, 0.2) is 93.5 Å². The summed E-state index contributed by atoms with van der Waals surface area (Å²) in [7, 11) is 1.58. The molecule has 0 saturated heterocycles. The molecule has 0 aliphatic rings. The van der Waals surface area contributed by atoms with Crippen molar-refractivity contribution in [2.75, 3.05) is 7.11 Å². The summed E-state index contributed by atoms with van der Waals surface area (Å²) in [5, 5.41) is 3.43. The first-order chi connectivity index (χ1) is 14.7. The molecule has 0 fully saturated rings. The average Bonchev–Trinajstić information content (AvgIpc) is 3.29. The molecule has 2 heterocycles. The van der Waals surface area contributed by atoms with Crippen molar-refractivity contribution < 1.29 is 9.15 Å². The molecule has 5 heteroatoms. The monoisotopic (exact) mass is 411 g/mol. The van der Waals surface area contributed by atoms with E-state index in [2.05, 4.69) is 41.4 Å². The Hall–Kier alpha value is -3.70. The zero-order valence-corrected chi connectivity index (χ0v) is 17.0. The van der Waals surface area contributed by atoms with Crippen LogP contribution in [0.4, 0.5) is 0 Å². The van der Waals surface area contributed by atoms with E-state index in [0.717, 1.165) is 22.2 Å². The van der Waals surface area contributed by atoms with Crippen LogP contribution in [0.3, 0.4) is 0 Å². The van der Waals surface area contributed by atoms with Crippen LogP contribution in [0.5, 0.6) is 5.75 Å². The molecule has 5 rings (SSSR count). The summed E-state index contributed by atoms with van der Waals surface area (Å²) < 4.78 is 10.7. The van der Waals surface area contributed by atoms with E-state index >= 15 is 0 Å². The Kier molecular flexibility index (Phi) is 4.65. The number of rotatable bonds is 4. The maximum atomic E-state index is 12.5. The minimum absolute atomic E-state index is 0.406. The largest absolute Gasteiger partial charge is 0.497 e. The van der Waals surface area contributed by atoms with Crippen molar-refractivity contribution in [3.05, 3.63) is 94.7 Å². The van der Waals surface area contributed by atoms with Gasteiger partial charge >= 0.3 is 5.63 Å². The van der Waals surface area contributed by atoms with Crippen molar-refractivity contribution in [2.45, 2.75) is 0 Å². The van der Waals surface area contributed by atoms with Crippen molar-refractivity contribution in [3.8, 4) is 38.7 Å². The van der Waals surface area contributed by atoms with Gasteiger partial charge in [-0.25, -0.2) is 9.78 Å². The van der Waals surface area contributed by atoms with Crippen LogP contribution in [0.25, 0.3) is 43.9 Å². The van der Waals surface area contributed by atoms with Crippen molar-refractivity contribution in [1.82, 2.24) is 4.98 Å². The SMILES string of the molecule is COc1ccc2cc(-c3nc(-c4ccc(-c5ccccc5)cc4)cs3)c(=O)oc2c1. The molecular weight excluding hydrogens is 394 g/mol. The highest BCUT2D eigenvalue weighted by molar-refractivity contribution is 7.13. The van der Waals surface area contributed by atoms with Crippen LogP contribution in [0.1, 0.15) is 0 Å². The number of aromatic nitrogens is 1. The fourth-order valence-corrected chi connectivity index (χ4v) is 4.19. The van der Waals surface area contributed by atoms with Gasteiger partial charge in [0.1, 0.15) is 16.3 Å². The van der Waals surface area contributed by atoms with Gasteiger partial charge in [-0.05, 0) is 29.3 Å². The number of thiazole rings is 1. The van der Waals surface area contributed by atoms with Crippen LogP contribution in [0, 0.1) is 0 Å². The maximum Gasteiger partial charge on any atom is 0.346 e. The van der Waals surface area contributed by atoms with Gasteiger partial charge in [-0.1, -0.05) is 54.6 Å². The van der Waals surface area contributed by atoms with Crippen LogP contribution < -0.4 is 10.4 Å². The summed E-state index contributed by atoms with van der Waals surface area (Å²) >= 11 is 1.43. The zero-order chi connectivity index (χ0) is 20.5. The molecule has 0 N–H and O–H groups in total. The predicted molar refractivity (Wildman–Crippen MR) is 121 cm³/mol. The van der Waals surface area contributed by atoms with E-state index in [1.807, 2.05) is 41.8 Å². The van der Waals surface area contributed by atoms with Crippen LogP contribution in [0.2, 0.25) is 0 Å². The van der Waals surface area contributed by atoms with Gasteiger partial charge in [0.05, 0.1) is 18.4 Å². The van der Waals surface area contributed by atoms with E-state index in [-0.39, 0.29) is 0 Å². The molecule has 5 aromatic rings. The Bertz CT molecular complexity index is 1390. The quantitative estimate of drug-likeness (QED) is 0.328. The highest BCUT2D eigenvalue weighted by Crippen LogP contribution is 2.31. The first kappa shape index (κ1) is 18.3. The summed E-state index contributed by atoms with van der Waals surface area (Å²) in [6.45, 7) is 0.